The highest BCUT2D eigenvalue weighted by Crippen LogP contribution is 2.44. The average Bonchev–Trinajstić information content (AvgIpc) is 3.33. The number of pyridine rings is 1. The molecule has 254 valence electrons. The van der Waals surface area contributed by atoms with Crippen molar-refractivity contribution in [2.24, 2.45) is 0 Å². The van der Waals surface area contributed by atoms with Crippen molar-refractivity contribution in [3.63, 3.8) is 0 Å². The summed E-state index contributed by atoms with van der Waals surface area (Å²) in [6.45, 7) is 0.375. The summed E-state index contributed by atoms with van der Waals surface area (Å²) >= 11 is -0.390. The number of anilines is 3. The fourth-order valence-corrected chi connectivity index (χ4v) is 4.96. The first-order chi connectivity index (χ1) is 22.3. The van der Waals surface area contributed by atoms with Gasteiger partial charge in [-0.1, -0.05) is 44.6 Å². The molecule has 2 aromatic carbocycles. The Morgan fingerprint density at radius 2 is 1.55 bits per heavy atom. The first-order valence-corrected chi connectivity index (χ1v) is 14.8. The van der Waals surface area contributed by atoms with Crippen molar-refractivity contribution in [2.75, 3.05) is 30.6 Å². The summed E-state index contributed by atoms with van der Waals surface area (Å²) in [7, 11) is 2.59. The van der Waals surface area contributed by atoms with Crippen molar-refractivity contribution in [3.05, 3.63) is 59.8 Å². The quantitative estimate of drug-likeness (QED) is 0.132. The molecule has 1 saturated carbocycles. The van der Waals surface area contributed by atoms with Crippen LogP contribution in [0.2, 0.25) is 0 Å². The van der Waals surface area contributed by atoms with Gasteiger partial charge in [0.2, 0.25) is 0 Å². The topological polar surface area (TPSA) is 151 Å². The number of nitrogens with two attached hydrogens (primary N) is 1. The van der Waals surface area contributed by atoms with E-state index in [1.54, 1.807) is 0 Å². The molecular formula is C30H31F5N4O7S. The van der Waals surface area contributed by atoms with Crippen molar-refractivity contribution in [2.45, 2.75) is 55.2 Å². The normalized spacial score (nSPS) is 14.3. The van der Waals surface area contributed by atoms with Crippen molar-refractivity contribution in [3.8, 4) is 17.2 Å². The van der Waals surface area contributed by atoms with E-state index in [1.807, 2.05) is 0 Å². The van der Waals surface area contributed by atoms with Crippen LogP contribution in [-0.2, 0) is 9.53 Å². The molecule has 1 aromatic heterocycles. The number of thioether (sulfide) groups is 1. The number of carbonyl (C=O) groups excluding carboxylic acids is 3. The fourth-order valence-electron chi connectivity index (χ4n) is 4.36. The van der Waals surface area contributed by atoms with E-state index in [1.165, 1.54) is 83.2 Å². The predicted octanol–water partition coefficient (Wildman–Crippen LogP) is 7.24. The Balaban J connectivity index is 0.000000516. The molecule has 1 aliphatic heterocycles. The molecule has 2 amide bonds. The summed E-state index contributed by atoms with van der Waals surface area (Å²) in [6.07, 6.45) is 6.26. The van der Waals surface area contributed by atoms with Gasteiger partial charge < -0.3 is 35.3 Å². The van der Waals surface area contributed by atoms with Crippen LogP contribution in [-0.4, -0.2) is 49.3 Å². The number of fused-ring (bicyclic) bond motifs is 1. The number of methoxy groups -OCH3 is 2. The summed E-state index contributed by atoms with van der Waals surface area (Å²) in [4.78, 5) is 38.6. The van der Waals surface area contributed by atoms with Gasteiger partial charge in [-0.25, -0.2) is 4.98 Å². The summed E-state index contributed by atoms with van der Waals surface area (Å²) in [6, 6.07) is 8.02. The Morgan fingerprint density at radius 3 is 2.11 bits per heavy atom. The maximum Gasteiger partial charge on any atom is 0.586 e. The number of benzene rings is 2. The van der Waals surface area contributed by atoms with Gasteiger partial charge in [0.25, 0.3) is 18.3 Å². The minimum absolute atomic E-state index is 0.0299. The van der Waals surface area contributed by atoms with Crippen LogP contribution in [0, 0.1) is 0 Å². The Morgan fingerprint density at radius 1 is 0.957 bits per heavy atom. The minimum Gasteiger partial charge on any atom is -0.496 e. The van der Waals surface area contributed by atoms with Gasteiger partial charge in [-0.15, -0.1) is 8.78 Å². The Hall–Kier alpha value is -4.80. The van der Waals surface area contributed by atoms with Crippen LogP contribution in [0.5, 0.6) is 17.2 Å². The standard InChI is InChI=1S/C22H15F5N4O5S.C6H12.C2H4O2/c1-34-14-5-6-29-18(28)17(14)20(33)31-13-9-16-15(35-22(26,27)36-16)8-12(13)19(32)30-10-3-2-4-11(7-10)37-21(23,24)25;1-2-4-6-5-3-1;1-4-2-3/h2-9H,1H3,(H2,28,29)(H,30,32)(H,31,33);1-6H2;2H,1H3. The Labute approximate surface area is 270 Å². The lowest BCUT2D eigenvalue weighted by atomic mass is 10.0. The van der Waals surface area contributed by atoms with Crippen molar-refractivity contribution in [1.29, 1.82) is 0 Å². The number of amides is 2. The largest absolute Gasteiger partial charge is 0.586 e. The van der Waals surface area contributed by atoms with Gasteiger partial charge in [-0.2, -0.15) is 13.2 Å². The molecule has 0 radical (unpaired) electrons. The van der Waals surface area contributed by atoms with E-state index in [9.17, 15) is 31.5 Å². The summed E-state index contributed by atoms with van der Waals surface area (Å²) in [5, 5.41) is 4.74. The number of rotatable bonds is 7. The molecule has 0 saturated heterocycles. The van der Waals surface area contributed by atoms with E-state index in [-0.39, 0.29) is 50.7 Å². The van der Waals surface area contributed by atoms with Gasteiger partial charge in [0.1, 0.15) is 17.1 Å². The van der Waals surface area contributed by atoms with Gasteiger partial charge in [-0.3, -0.25) is 14.4 Å². The molecule has 17 heteroatoms. The van der Waals surface area contributed by atoms with Gasteiger partial charge in [0.05, 0.1) is 25.5 Å². The highest BCUT2D eigenvalue weighted by Gasteiger charge is 2.44. The van der Waals surface area contributed by atoms with Crippen LogP contribution in [0.1, 0.15) is 59.2 Å². The Kier molecular flexibility index (Phi) is 13.0. The molecule has 0 spiro atoms. The second-order valence-electron chi connectivity index (χ2n) is 9.72. The van der Waals surface area contributed by atoms with E-state index in [0.29, 0.717) is 6.47 Å². The number of aromatic nitrogens is 1. The third-order valence-electron chi connectivity index (χ3n) is 6.35. The lowest BCUT2D eigenvalue weighted by Crippen LogP contribution is -2.25. The lowest BCUT2D eigenvalue weighted by molar-refractivity contribution is -0.286. The smallest absolute Gasteiger partial charge is 0.496 e. The first kappa shape index (κ1) is 36.7. The molecule has 0 bridgehead atoms. The maximum atomic E-state index is 13.6. The number of nitrogens with one attached hydrogen (secondary N) is 2. The van der Waals surface area contributed by atoms with E-state index in [2.05, 4.69) is 29.8 Å². The van der Waals surface area contributed by atoms with E-state index in [4.69, 9.17) is 15.3 Å². The third-order valence-corrected chi connectivity index (χ3v) is 7.07. The molecule has 3 aromatic rings. The van der Waals surface area contributed by atoms with E-state index < -0.39 is 35.1 Å². The van der Waals surface area contributed by atoms with Crippen molar-refractivity contribution in [1.82, 2.24) is 4.98 Å². The number of nitrogen functional groups attached to an aromatic ring is 1. The van der Waals surface area contributed by atoms with Gasteiger partial charge >= 0.3 is 11.8 Å². The minimum atomic E-state index is -4.56. The van der Waals surface area contributed by atoms with Gasteiger partial charge in [0.15, 0.2) is 11.5 Å². The molecular weight excluding hydrogens is 655 g/mol. The van der Waals surface area contributed by atoms with E-state index in [0.717, 1.165) is 18.2 Å². The van der Waals surface area contributed by atoms with Gasteiger partial charge in [-0.05, 0) is 42.1 Å². The van der Waals surface area contributed by atoms with Gasteiger partial charge in [0, 0.05) is 22.8 Å². The molecule has 5 rings (SSSR count). The zero-order chi connectivity index (χ0) is 34.6. The molecule has 11 nitrogen and oxygen atoms in total. The van der Waals surface area contributed by atoms with Crippen molar-refractivity contribution >= 4 is 47.2 Å². The average molecular weight is 687 g/mol. The van der Waals surface area contributed by atoms with Crippen LogP contribution >= 0.6 is 11.8 Å². The predicted molar refractivity (Wildman–Crippen MR) is 163 cm³/mol. The number of halogens is 5. The maximum absolute atomic E-state index is 13.6. The molecule has 4 N–H and O–H groups in total. The number of ether oxygens (including phenoxy) is 4. The zero-order valence-corrected chi connectivity index (χ0v) is 25.9. The number of hydrogen-bond acceptors (Lipinski definition) is 10. The van der Waals surface area contributed by atoms with Crippen molar-refractivity contribution < 1.29 is 55.3 Å². The molecule has 47 heavy (non-hydrogen) atoms. The van der Waals surface area contributed by atoms with Crippen LogP contribution in [0.4, 0.5) is 39.1 Å². The molecule has 2 heterocycles. The number of carbonyl (C=O) groups is 3. The summed E-state index contributed by atoms with van der Waals surface area (Å²) < 4.78 is 83.2. The lowest BCUT2D eigenvalue weighted by Gasteiger charge is -2.15. The monoisotopic (exact) mass is 686 g/mol. The number of nitrogens with zero attached hydrogens (tertiary/aromatic N) is 1. The van der Waals surface area contributed by atoms with Crippen LogP contribution in [0.25, 0.3) is 0 Å². The Bertz CT molecular complexity index is 1540. The van der Waals surface area contributed by atoms with Crippen LogP contribution < -0.4 is 30.6 Å². The summed E-state index contributed by atoms with van der Waals surface area (Å²) in [5.74, 6) is -3.01. The first-order valence-electron chi connectivity index (χ1n) is 13.9. The highest BCUT2D eigenvalue weighted by atomic mass is 32.2. The fraction of sp³-hybridized carbons (Fsp3) is 0.333. The second kappa shape index (κ2) is 16.7. The third kappa shape index (κ3) is 11.2. The second-order valence-corrected chi connectivity index (χ2v) is 10.9. The van der Waals surface area contributed by atoms with Crippen LogP contribution in [0.3, 0.4) is 0 Å². The van der Waals surface area contributed by atoms with E-state index >= 15 is 0 Å². The molecule has 0 unspecified atom stereocenters. The van der Waals surface area contributed by atoms with Crippen LogP contribution in [0.15, 0.2) is 53.6 Å². The highest BCUT2D eigenvalue weighted by molar-refractivity contribution is 8.00. The zero-order valence-electron chi connectivity index (χ0n) is 25.1. The number of alkyl halides is 5. The SMILES string of the molecule is C1CCCCC1.COC=O.COc1ccnc(N)c1C(=O)Nc1cc2c(cc1C(=O)Nc1cccc(SC(F)(F)F)c1)OC(F)(F)O2. The molecule has 1 fully saturated rings. The summed E-state index contributed by atoms with van der Waals surface area (Å²) in [5.41, 5.74) is 0.323. The molecule has 0 atom stereocenters. The number of hydrogen-bond donors (Lipinski definition) is 3. The molecule has 1 aliphatic carbocycles. The molecule has 2 aliphatic rings.